The molecule has 0 saturated carbocycles. The van der Waals surface area contributed by atoms with Gasteiger partial charge in [0.2, 0.25) is 0 Å². The fourth-order valence-corrected chi connectivity index (χ4v) is 1.92. The smallest absolute Gasteiger partial charge is 0.255 e. The lowest BCUT2D eigenvalue weighted by Crippen LogP contribution is -1.92. The zero-order valence-electron chi connectivity index (χ0n) is 8.25. The normalized spacial score (nSPS) is 10.4. The summed E-state index contributed by atoms with van der Waals surface area (Å²) in [6.07, 6.45) is 1.40. The SMILES string of the molecule is Fc1cc(Br)cc(Oc2ncc(Br)cc2F)c1. The minimum atomic E-state index is -0.625. The monoisotopic (exact) mass is 363 g/mol. The van der Waals surface area contributed by atoms with Gasteiger partial charge < -0.3 is 4.74 Å². The van der Waals surface area contributed by atoms with Gasteiger partial charge >= 0.3 is 0 Å². The summed E-state index contributed by atoms with van der Waals surface area (Å²) < 4.78 is 32.6. The Kier molecular flexibility index (Phi) is 3.73. The summed E-state index contributed by atoms with van der Waals surface area (Å²) in [5.41, 5.74) is 0. The van der Waals surface area contributed by atoms with E-state index in [0.29, 0.717) is 8.95 Å². The van der Waals surface area contributed by atoms with Gasteiger partial charge in [0.05, 0.1) is 0 Å². The van der Waals surface area contributed by atoms with E-state index in [4.69, 9.17) is 4.74 Å². The second-order valence-electron chi connectivity index (χ2n) is 3.15. The Bertz CT molecular complexity index is 543. The highest BCUT2D eigenvalue weighted by atomic mass is 79.9. The van der Waals surface area contributed by atoms with E-state index < -0.39 is 11.6 Å². The first-order valence-corrected chi connectivity index (χ1v) is 6.08. The molecule has 1 aromatic carbocycles. The van der Waals surface area contributed by atoms with Gasteiger partial charge in [-0.15, -0.1) is 0 Å². The van der Waals surface area contributed by atoms with Crippen LogP contribution in [0, 0.1) is 11.6 Å². The lowest BCUT2D eigenvalue weighted by Gasteiger charge is -2.06. The number of rotatable bonds is 2. The number of benzene rings is 1. The topological polar surface area (TPSA) is 22.1 Å². The highest BCUT2D eigenvalue weighted by molar-refractivity contribution is 9.10. The first kappa shape index (κ1) is 12.4. The van der Waals surface area contributed by atoms with Crippen molar-refractivity contribution in [1.29, 1.82) is 0 Å². The van der Waals surface area contributed by atoms with Gasteiger partial charge in [0.25, 0.3) is 5.88 Å². The minimum absolute atomic E-state index is 0.172. The molecule has 0 unspecified atom stereocenters. The van der Waals surface area contributed by atoms with Crippen LogP contribution in [-0.4, -0.2) is 4.98 Å². The van der Waals surface area contributed by atoms with Crippen LogP contribution in [0.3, 0.4) is 0 Å². The third-order valence-electron chi connectivity index (χ3n) is 1.82. The Hall–Kier alpha value is -1.01. The van der Waals surface area contributed by atoms with Crippen molar-refractivity contribution in [3.63, 3.8) is 0 Å². The maximum atomic E-state index is 13.4. The molecular formula is C11H5Br2F2NO. The maximum Gasteiger partial charge on any atom is 0.255 e. The Labute approximate surface area is 113 Å². The Morgan fingerprint density at radius 2 is 1.76 bits per heavy atom. The van der Waals surface area contributed by atoms with Gasteiger partial charge in [-0.3, -0.25) is 0 Å². The number of aromatic nitrogens is 1. The second kappa shape index (κ2) is 5.10. The van der Waals surface area contributed by atoms with Gasteiger partial charge in [0.1, 0.15) is 11.6 Å². The first-order chi connectivity index (χ1) is 8.04. The summed E-state index contributed by atoms with van der Waals surface area (Å²) in [4.78, 5) is 3.75. The summed E-state index contributed by atoms with van der Waals surface area (Å²) in [5.74, 6) is -1.14. The largest absolute Gasteiger partial charge is 0.436 e. The van der Waals surface area contributed by atoms with Crippen molar-refractivity contribution in [2.24, 2.45) is 0 Å². The van der Waals surface area contributed by atoms with E-state index in [-0.39, 0.29) is 11.6 Å². The van der Waals surface area contributed by atoms with E-state index in [9.17, 15) is 8.78 Å². The molecule has 0 N–H and O–H groups in total. The molecule has 1 heterocycles. The average molecular weight is 365 g/mol. The number of nitrogens with zero attached hydrogens (tertiary/aromatic N) is 1. The van der Waals surface area contributed by atoms with E-state index in [0.717, 1.165) is 6.07 Å². The summed E-state index contributed by atoms with van der Waals surface area (Å²) >= 11 is 6.19. The molecule has 0 saturated heterocycles. The van der Waals surface area contributed by atoms with Gasteiger partial charge in [0, 0.05) is 21.2 Å². The minimum Gasteiger partial charge on any atom is -0.436 e. The van der Waals surface area contributed by atoms with Crippen molar-refractivity contribution < 1.29 is 13.5 Å². The van der Waals surface area contributed by atoms with Crippen molar-refractivity contribution in [3.05, 3.63) is 51.0 Å². The Morgan fingerprint density at radius 1 is 1.00 bits per heavy atom. The Morgan fingerprint density at radius 3 is 2.41 bits per heavy atom. The van der Waals surface area contributed by atoms with E-state index in [1.54, 1.807) is 0 Å². The molecule has 0 amide bonds. The quantitative estimate of drug-likeness (QED) is 0.772. The zero-order chi connectivity index (χ0) is 12.4. The molecule has 0 atom stereocenters. The number of hydrogen-bond donors (Lipinski definition) is 0. The molecule has 2 nitrogen and oxygen atoms in total. The maximum absolute atomic E-state index is 13.4. The van der Waals surface area contributed by atoms with Crippen LogP contribution < -0.4 is 4.74 Å². The third kappa shape index (κ3) is 3.23. The summed E-state index contributed by atoms with van der Waals surface area (Å²) in [7, 11) is 0. The van der Waals surface area contributed by atoms with Crippen molar-refractivity contribution in [2.45, 2.75) is 0 Å². The average Bonchev–Trinajstić information content (AvgIpc) is 2.21. The number of hydrogen-bond acceptors (Lipinski definition) is 2. The van der Waals surface area contributed by atoms with E-state index >= 15 is 0 Å². The highest BCUT2D eigenvalue weighted by Crippen LogP contribution is 2.27. The standard InChI is InChI=1S/C11H5Br2F2NO/c12-6-1-8(14)4-9(2-6)17-11-10(15)3-7(13)5-16-11/h1-5H. The number of pyridine rings is 1. The van der Waals surface area contributed by atoms with Crippen LogP contribution in [0.5, 0.6) is 11.6 Å². The van der Waals surface area contributed by atoms with E-state index in [1.165, 1.54) is 24.4 Å². The molecule has 0 aliphatic heterocycles. The van der Waals surface area contributed by atoms with Crippen LogP contribution in [-0.2, 0) is 0 Å². The molecule has 0 radical (unpaired) electrons. The number of halogens is 4. The van der Waals surface area contributed by atoms with E-state index in [1.807, 2.05) is 0 Å². The van der Waals surface area contributed by atoms with Gasteiger partial charge in [-0.2, -0.15) is 0 Å². The summed E-state index contributed by atoms with van der Waals surface area (Å²) in [6, 6.07) is 5.16. The summed E-state index contributed by atoms with van der Waals surface area (Å²) in [5, 5.41) is 0. The van der Waals surface area contributed by atoms with Crippen LogP contribution in [0.1, 0.15) is 0 Å². The van der Waals surface area contributed by atoms with Gasteiger partial charge in [-0.25, -0.2) is 13.8 Å². The predicted molar refractivity (Wildman–Crippen MR) is 66.1 cm³/mol. The van der Waals surface area contributed by atoms with Crippen molar-refractivity contribution in [2.75, 3.05) is 0 Å². The first-order valence-electron chi connectivity index (χ1n) is 4.49. The zero-order valence-corrected chi connectivity index (χ0v) is 11.4. The molecule has 1 aromatic heterocycles. The fourth-order valence-electron chi connectivity index (χ4n) is 1.18. The molecule has 0 fully saturated rings. The van der Waals surface area contributed by atoms with Gasteiger partial charge in [-0.1, -0.05) is 15.9 Å². The molecule has 88 valence electrons. The molecule has 2 rings (SSSR count). The van der Waals surface area contributed by atoms with Crippen LogP contribution in [0.4, 0.5) is 8.78 Å². The van der Waals surface area contributed by atoms with Crippen LogP contribution in [0.25, 0.3) is 0 Å². The molecular weight excluding hydrogens is 360 g/mol. The van der Waals surface area contributed by atoms with Crippen molar-refractivity contribution in [3.8, 4) is 11.6 Å². The molecule has 0 aliphatic carbocycles. The molecule has 0 bridgehead atoms. The molecule has 0 aliphatic rings. The van der Waals surface area contributed by atoms with Crippen LogP contribution in [0.2, 0.25) is 0 Å². The van der Waals surface area contributed by atoms with Crippen molar-refractivity contribution in [1.82, 2.24) is 4.98 Å². The highest BCUT2D eigenvalue weighted by Gasteiger charge is 2.08. The molecule has 2 aromatic rings. The van der Waals surface area contributed by atoms with Gasteiger partial charge in [-0.05, 0) is 34.1 Å². The van der Waals surface area contributed by atoms with Crippen LogP contribution in [0.15, 0.2) is 39.4 Å². The fraction of sp³-hybridized carbons (Fsp3) is 0. The van der Waals surface area contributed by atoms with Crippen LogP contribution >= 0.6 is 31.9 Å². The summed E-state index contributed by atoms with van der Waals surface area (Å²) in [6.45, 7) is 0. The lowest BCUT2D eigenvalue weighted by molar-refractivity contribution is 0.419. The van der Waals surface area contributed by atoms with E-state index in [2.05, 4.69) is 36.8 Å². The van der Waals surface area contributed by atoms with Gasteiger partial charge in [0.15, 0.2) is 5.82 Å². The predicted octanol–water partition coefficient (Wildman–Crippen LogP) is 4.68. The third-order valence-corrected chi connectivity index (χ3v) is 2.72. The lowest BCUT2D eigenvalue weighted by atomic mass is 10.3. The molecule has 0 spiro atoms. The van der Waals surface area contributed by atoms with Crippen molar-refractivity contribution >= 4 is 31.9 Å². The number of ether oxygens (including phenoxy) is 1. The Balaban J connectivity index is 2.31. The molecule has 17 heavy (non-hydrogen) atoms. The molecule has 6 heteroatoms. The second-order valence-corrected chi connectivity index (χ2v) is 4.98.